The predicted molar refractivity (Wildman–Crippen MR) is 199 cm³/mol. The zero-order valence-electron chi connectivity index (χ0n) is 29.8. The van der Waals surface area contributed by atoms with Crippen molar-refractivity contribution in [2.75, 3.05) is 19.0 Å². The van der Waals surface area contributed by atoms with Crippen molar-refractivity contribution in [1.29, 1.82) is 0 Å². The summed E-state index contributed by atoms with van der Waals surface area (Å²) in [6.45, 7) is 4.63. The summed E-state index contributed by atoms with van der Waals surface area (Å²) < 4.78 is 78.4. The molecule has 7 rings (SSSR count). The van der Waals surface area contributed by atoms with Crippen molar-refractivity contribution >= 4 is 21.8 Å². The van der Waals surface area contributed by atoms with Gasteiger partial charge in [0.2, 0.25) is 17.6 Å². The summed E-state index contributed by atoms with van der Waals surface area (Å²) in [7, 11) is -2.81. The molecule has 2 N–H and O–H groups in total. The van der Waals surface area contributed by atoms with Crippen LogP contribution in [0.5, 0.6) is 11.8 Å². The summed E-state index contributed by atoms with van der Waals surface area (Å²) in [5.74, 6) is -1.74. The Morgan fingerprint density at radius 2 is 1.51 bits per heavy atom. The van der Waals surface area contributed by atoms with E-state index in [1.54, 1.807) is 4.68 Å². The number of fused-ring (bicyclic) bond motifs is 1. The van der Waals surface area contributed by atoms with E-state index in [0.29, 0.717) is 28.8 Å². The van der Waals surface area contributed by atoms with Crippen LogP contribution in [0.15, 0.2) is 131 Å². The number of methoxy groups -OCH3 is 1. The first-order valence-corrected chi connectivity index (χ1v) is 18.5. The average Bonchev–Trinajstić information content (AvgIpc) is 3.60. The van der Waals surface area contributed by atoms with Crippen molar-refractivity contribution in [2.24, 2.45) is 9.78 Å². The van der Waals surface area contributed by atoms with Gasteiger partial charge in [-0.1, -0.05) is 105 Å². The van der Waals surface area contributed by atoms with E-state index in [0.717, 1.165) is 6.20 Å². The summed E-state index contributed by atoms with van der Waals surface area (Å²) in [5.41, 5.74) is 0.302. The zero-order valence-corrected chi connectivity index (χ0v) is 30.6. The fourth-order valence-corrected chi connectivity index (χ4v) is 8.16. The fraction of sp³-hybridized carbons (Fsp3) is 0.205. The van der Waals surface area contributed by atoms with Gasteiger partial charge in [-0.3, -0.25) is 5.32 Å². The lowest BCUT2D eigenvalue weighted by Crippen LogP contribution is -2.39. The van der Waals surface area contributed by atoms with Crippen LogP contribution < -0.4 is 19.5 Å². The van der Waals surface area contributed by atoms with E-state index >= 15 is 4.21 Å². The lowest BCUT2D eigenvalue weighted by molar-refractivity contribution is -0.144. The number of rotatable bonds is 9. The van der Waals surface area contributed by atoms with Gasteiger partial charge in [-0.2, -0.15) is 22.6 Å². The predicted octanol–water partition coefficient (Wildman–Crippen LogP) is 7.74. The molecular weight excluding hydrogens is 734 g/mol. The highest BCUT2D eigenvalue weighted by molar-refractivity contribution is 7.92. The number of halogens is 3. The molecule has 16 heteroatoms. The summed E-state index contributed by atoms with van der Waals surface area (Å²) in [6.07, 6.45) is -1.32. The second kappa shape index (κ2) is 14.5. The molecule has 1 aliphatic heterocycles. The first kappa shape index (κ1) is 37.0. The maximum atomic E-state index is 16.0. The van der Waals surface area contributed by atoms with Gasteiger partial charge in [-0.05, 0) is 28.3 Å². The van der Waals surface area contributed by atoms with Crippen LogP contribution in [0, 0.1) is 5.41 Å². The molecule has 1 atom stereocenters. The average molecular weight is 769 g/mol. The number of urea groups is 1. The molecule has 1 unspecified atom stereocenters. The smallest absolute Gasteiger partial charge is 0.451 e. The third kappa shape index (κ3) is 7.45. The third-order valence-electron chi connectivity index (χ3n) is 8.84. The molecule has 0 saturated heterocycles. The van der Waals surface area contributed by atoms with E-state index in [4.69, 9.17) is 13.8 Å². The number of pyridine rings is 1. The Kier molecular flexibility index (Phi) is 9.77. The fourth-order valence-electron chi connectivity index (χ4n) is 6.31. The Labute approximate surface area is 315 Å². The van der Waals surface area contributed by atoms with Gasteiger partial charge < -0.3 is 9.47 Å². The molecule has 1 aliphatic rings. The molecule has 0 bridgehead atoms. The molecular formula is C39H35F3N8O4S. The monoisotopic (exact) mass is 768 g/mol. The van der Waals surface area contributed by atoms with E-state index in [9.17, 15) is 18.0 Å². The maximum Gasteiger partial charge on any atom is 0.451 e. The van der Waals surface area contributed by atoms with Gasteiger partial charge in [0, 0.05) is 29.4 Å². The number of carbonyl (C=O) groups excluding carboxylic acids is 1. The van der Waals surface area contributed by atoms with Gasteiger partial charge in [-0.15, -0.1) is 0 Å². The van der Waals surface area contributed by atoms with Crippen LogP contribution in [-0.4, -0.2) is 48.7 Å². The number of hydrogen-bond acceptors (Lipinski definition) is 9. The van der Waals surface area contributed by atoms with Gasteiger partial charge in [0.1, 0.15) is 16.3 Å². The summed E-state index contributed by atoms with van der Waals surface area (Å²) >= 11 is 0. The largest absolute Gasteiger partial charge is 0.481 e. The molecule has 12 nitrogen and oxygen atoms in total. The van der Waals surface area contributed by atoms with Gasteiger partial charge >= 0.3 is 12.2 Å². The first-order chi connectivity index (χ1) is 26.3. The molecule has 3 aromatic carbocycles. The van der Waals surface area contributed by atoms with Gasteiger partial charge in [0.05, 0.1) is 26.5 Å². The van der Waals surface area contributed by atoms with Gasteiger partial charge in [-0.25, -0.2) is 33.4 Å². The molecule has 6 aromatic rings. The molecule has 4 heterocycles. The second-order valence-corrected chi connectivity index (χ2v) is 15.3. The van der Waals surface area contributed by atoms with Crippen LogP contribution in [0.1, 0.15) is 36.4 Å². The Hall–Kier alpha value is -6.29. The number of nitrogens with one attached hydrogen (secondary N) is 2. The summed E-state index contributed by atoms with van der Waals surface area (Å²) in [6, 6.07) is 29.2. The molecule has 3 aromatic heterocycles. The number of ether oxygens (including phenoxy) is 2. The number of carbonyl (C=O) groups is 1. The quantitative estimate of drug-likeness (QED) is 0.142. The van der Waals surface area contributed by atoms with E-state index in [1.807, 2.05) is 105 Å². The van der Waals surface area contributed by atoms with Crippen molar-refractivity contribution in [3.63, 3.8) is 0 Å². The molecule has 55 heavy (non-hydrogen) atoms. The molecule has 2 amide bonds. The highest BCUT2D eigenvalue weighted by atomic mass is 32.2. The van der Waals surface area contributed by atoms with Crippen molar-refractivity contribution in [2.45, 2.75) is 37.0 Å². The summed E-state index contributed by atoms with van der Waals surface area (Å²) in [5, 5.41) is 6.89. The number of anilines is 1. The van der Waals surface area contributed by atoms with Gasteiger partial charge in [0.25, 0.3) is 0 Å². The molecule has 0 fully saturated rings. The van der Waals surface area contributed by atoms with Crippen LogP contribution in [-0.2, 0) is 28.2 Å². The Balaban J connectivity index is 1.45. The number of amides is 2. The highest BCUT2D eigenvalue weighted by Gasteiger charge is 2.42. The Morgan fingerprint density at radius 1 is 0.909 bits per heavy atom. The van der Waals surface area contributed by atoms with Crippen LogP contribution in [0.4, 0.5) is 23.8 Å². The van der Waals surface area contributed by atoms with Crippen LogP contribution in [0.2, 0.25) is 0 Å². The molecule has 0 radical (unpaired) electrons. The highest BCUT2D eigenvalue weighted by Crippen LogP contribution is 2.44. The molecule has 282 valence electrons. The van der Waals surface area contributed by atoms with E-state index < -0.39 is 39.3 Å². The number of hydrogen-bond donors (Lipinski definition) is 2. The third-order valence-corrected chi connectivity index (χ3v) is 10.7. The Morgan fingerprint density at radius 3 is 2.07 bits per heavy atom. The molecule has 0 saturated carbocycles. The first-order valence-electron chi connectivity index (χ1n) is 17.0. The van der Waals surface area contributed by atoms with E-state index in [-0.39, 0.29) is 34.2 Å². The maximum absolute atomic E-state index is 16.0. The van der Waals surface area contributed by atoms with Crippen LogP contribution in [0.3, 0.4) is 0 Å². The standard InChI is InChI=1S/C39H35F3N8O4S/c1-37(2)24-50-34(54-25-37)31(23-45-50)55(52,49-38(27-13-7-4-8-14-27,28-15-9-5-10-16-28)29-17-11-6-12-18-29)48-36(51)47-33-30(22-44-35(46-33)39(40,41)42)26-19-20-43-32(21-26)53-3/h4-23H,24-25H2,1-3H3,(H2,44,46,47,48,49,51,52). The molecule has 0 spiro atoms. The lowest BCUT2D eigenvalue weighted by atomic mass is 9.78. The van der Waals surface area contributed by atoms with Crippen LogP contribution >= 0.6 is 0 Å². The van der Waals surface area contributed by atoms with Gasteiger partial charge in [0.15, 0.2) is 9.92 Å². The SMILES string of the molecule is COc1cc(-c2cnc(C(F)(F)F)nc2NC(=O)NS(=O)(=NC(c2ccccc2)(c2ccccc2)c2ccccc2)c2cnn3c2OCC(C)(C)C3)ccn1. The minimum absolute atomic E-state index is 0.00738. The lowest BCUT2D eigenvalue weighted by Gasteiger charge is -2.33. The van der Waals surface area contributed by atoms with E-state index in [1.165, 1.54) is 31.6 Å². The van der Waals surface area contributed by atoms with Crippen molar-refractivity contribution in [1.82, 2.24) is 29.5 Å². The summed E-state index contributed by atoms with van der Waals surface area (Å²) in [4.78, 5) is 25.4. The topological polar surface area (TPSA) is 146 Å². The molecule has 0 aliphatic carbocycles. The Bertz CT molecular complexity index is 2360. The van der Waals surface area contributed by atoms with E-state index in [2.05, 4.69) is 30.1 Å². The second-order valence-electron chi connectivity index (χ2n) is 13.4. The van der Waals surface area contributed by atoms with Crippen molar-refractivity contribution in [3.05, 3.63) is 144 Å². The van der Waals surface area contributed by atoms with Crippen molar-refractivity contribution < 1.29 is 31.6 Å². The number of nitrogens with zero attached hydrogens (tertiary/aromatic N) is 6. The minimum Gasteiger partial charge on any atom is -0.481 e. The van der Waals surface area contributed by atoms with Crippen LogP contribution in [0.25, 0.3) is 11.1 Å². The van der Waals surface area contributed by atoms with Crippen molar-refractivity contribution in [3.8, 4) is 22.9 Å². The number of benzene rings is 3. The normalized spacial score (nSPS) is 14.8. The minimum atomic E-state index is -4.95. The number of aromatic nitrogens is 5. The number of alkyl halides is 3. The zero-order chi connectivity index (χ0) is 38.8.